The fraction of sp³-hybridized carbons (Fsp3) is 0.400. The summed E-state index contributed by atoms with van der Waals surface area (Å²) in [5.41, 5.74) is 6.94. The van der Waals surface area contributed by atoms with E-state index in [9.17, 15) is 9.50 Å². The van der Waals surface area contributed by atoms with E-state index in [1.54, 1.807) is 12.1 Å². The predicted octanol–water partition coefficient (Wildman–Crippen LogP) is 1.13. The van der Waals surface area contributed by atoms with Crippen LogP contribution in [0.2, 0.25) is 0 Å². The molecule has 1 aromatic rings. The SMILES string of the molecule is N[C@H]1CCc2c(F)cccc2[C@H]1O. The highest BCUT2D eigenvalue weighted by atomic mass is 19.1. The molecule has 0 aromatic heterocycles. The van der Waals surface area contributed by atoms with Gasteiger partial charge in [-0.15, -0.1) is 0 Å². The summed E-state index contributed by atoms with van der Waals surface area (Å²) in [7, 11) is 0. The molecular formula is C10H12FNO. The smallest absolute Gasteiger partial charge is 0.126 e. The van der Waals surface area contributed by atoms with Crippen LogP contribution in [0.4, 0.5) is 4.39 Å². The number of hydrogen-bond donors (Lipinski definition) is 2. The van der Waals surface area contributed by atoms with Crippen LogP contribution in [0, 0.1) is 5.82 Å². The van der Waals surface area contributed by atoms with Gasteiger partial charge in [-0.05, 0) is 30.0 Å². The van der Waals surface area contributed by atoms with E-state index in [1.807, 2.05) is 0 Å². The lowest BCUT2D eigenvalue weighted by molar-refractivity contribution is 0.133. The number of hydrogen-bond acceptors (Lipinski definition) is 2. The van der Waals surface area contributed by atoms with Gasteiger partial charge >= 0.3 is 0 Å². The molecule has 1 aliphatic rings. The quantitative estimate of drug-likeness (QED) is 0.630. The molecule has 1 aliphatic carbocycles. The van der Waals surface area contributed by atoms with Gasteiger partial charge in [0.2, 0.25) is 0 Å². The highest BCUT2D eigenvalue weighted by Gasteiger charge is 2.26. The molecule has 2 atom stereocenters. The lowest BCUT2D eigenvalue weighted by Gasteiger charge is -2.27. The number of benzene rings is 1. The van der Waals surface area contributed by atoms with Crippen LogP contribution < -0.4 is 5.73 Å². The second kappa shape index (κ2) is 3.09. The molecule has 13 heavy (non-hydrogen) atoms. The largest absolute Gasteiger partial charge is 0.387 e. The summed E-state index contributed by atoms with van der Waals surface area (Å²) >= 11 is 0. The van der Waals surface area contributed by atoms with E-state index in [4.69, 9.17) is 5.73 Å². The summed E-state index contributed by atoms with van der Waals surface area (Å²) < 4.78 is 13.2. The number of fused-ring (bicyclic) bond motifs is 1. The van der Waals surface area contributed by atoms with Crippen LogP contribution in [0.3, 0.4) is 0 Å². The number of halogens is 1. The number of rotatable bonds is 0. The Morgan fingerprint density at radius 2 is 2.23 bits per heavy atom. The Bertz CT molecular complexity index is 327. The Labute approximate surface area is 76.2 Å². The van der Waals surface area contributed by atoms with E-state index < -0.39 is 6.10 Å². The maximum atomic E-state index is 13.2. The van der Waals surface area contributed by atoms with Gasteiger partial charge in [0.05, 0.1) is 6.10 Å². The minimum absolute atomic E-state index is 0.233. The third-order valence-electron chi connectivity index (χ3n) is 2.61. The average Bonchev–Trinajstić information content (AvgIpc) is 2.12. The van der Waals surface area contributed by atoms with E-state index in [1.165, 1.54) is 6.07 Å². The zero-order valence-corrected chi connectivity index (χ0v) is 7.20. The monoisotopic (exact) mass is 181 g/mol. The Balaban J connectivity index is 2.49. The lowest BCUT2D eigenvalue weighted by Crippen LogP contribution is -2.33. The van der Waals surface area contributed by atoms with Gasteiger partial charge < -0.3 is 10.8 Å². The molecule has 2 rings (SSSR count). The molecule has 1 aromatic carbocycles. The average molecular weight is 181 g/mol. The zero-order chi connectivity index (χ0) is 9.42. The maximum absolute atomic E-state index is 13.2. The third kappa shape index (κ3) is 1.34. The number of aliphatic hydroxyl groups is 1. The van der Waals surface area contributed by atoms with Crippen LogP contribution in [-0.4, -0.2) is 11.1 Å². The van der Waals surface area contributed by atoms with Crippen LogP contribution >= 0.6 is 0 Å². The highest BCUT2D eigenvalue weighted by molar-refractivity contribution is 5.33. The summed E-state index contributed by atoms with van der Waals surface area (Å²) in [6, 6.07) is 4.51. The molecule has 70 valence electrons. The van der Waals surface area contributed by atoms with E-state index in [0.29, 0.717) is 24.0 Å². The Hall–Kier alpha value is -0.930. The second-order valence-electron chi connectivity index (χ2n) is 3.45. The van der Waals surface area contributed by atoms with Crippen molar-refractivity contribution in [3.8, 4) is 0 Å². The molecule has 0 radical (unpaired) electrons. The summed E-state index contributed by atoms with van der Waals surface area (Å²) in [6.45, 7) is 0. The van der Waals surface area contributed by atoms with Gasteiger partial charge in [-0.25, -0.2) is 4.39 Å². The van der Waals surface area contributed by atoms with Crippen molar-refractivity contribution in [2.24, 2.45) is 5.73 Å². The molecule has 0 unspecified atom stereocenters. The first-order valence-corrected chi connectivity index (χ1v) is 4.41. The number of nitrogens with two attached hydrogens (primary N) is 1. The summed E-state index contributed by atoms with van der Waals surface area (Å²) in [6.07, 6.45) is 0.564. The second-order valence-corrected chi connectivity index (χ2v) is 3.45. The van der Waals surface area contributed by atoms with Crippen LogP contribution in [-0.2, 0) is 6.42 Å². The van der Waals surface area contributed by atoms with Crippen molar-refractivity contribution in [3.05, 3.63) is 35.1 Å². The molecule has 0 spiro atoms. The topological polar surface area (TPSA) is 46.2 Å². The first-order valence-electron chi connectivity index (χ1n) is 4.41. The minimum Gasteiger partial charge on any atom is -0.387 e. The van der Waals surface area contributed by atoms with Crippen molar-refractivity contribution >= 4 is 0 Å². The lowest BCUT2D eigenvalue weighted by atomic mass is 9.86. The van der Waals surface area contributed by atoms with Gasteiger partial charge in [-0.1, -0.05) is 12.1 Å². The van der Waals surface area contributed by atoms with Crippen molar-refractivity contribution in [3.63, 3.8) is 0 Å². The van der Waals surface area contributed by atoms with Crippen molar-refractivity contribution in [1.82, 2.24) is 0 Å². The van der Waals surface area contributed by atoms with Crippen LogP contribution in [0.25, 0.3) is 0 Å². The molecule has 0 saturated carbocycles. The summed E-state index contributed by atoms with van der Waals surface area (Å²) in [5.74, 6) is -0.233. The van der Waals surface area contributed by atoms with Gasteiger partial charge in [-0.3, -0.25) is 0 Å². The summed E-state index contributed by atoms with van der Waals surface area (Å²) in [4.78, 5) is 0. The minimum atomic E-state index is -0.709. The van der Waals surface area contributed by atoms with Gasteiger partial charge in [0, 0.05) is 6.04 Å². The zero-order valence-electron chi connectivity index (χ0n) is 7.20. The van der Waals surface area contributed by atoms with Crippen molar-refractivity contribution < 1.29 is 9.50 Å². The van der Waals surface area contributed by atoms with E-state index in [0.717, 1.165) is 0 Å². The fourth-order valence-corrected chi connectivity index (χ4v) is 1.82. The van der Waals surface area contributed by atoms with Gasteiger partial charge in [0.25, 0.3) is 0 Å². The molecule has 0 aliphatic heterocycles. The molecule has 3 heteroatoms. The molecule has 0 heterocycles. The molecule has 0 saturated heterocycles. The maximum Gasteiger partial charge on any atom is 0.126 e. The standard InChI is InChI=1S/C10H12FNO/c11-8-3-1-2-7-6(8)4-5-9(12)10(7)13/h1-3,9-10,13H,4-5,12H2/t9-,10+/m0/s1. The van der Waals surface area contributed by atoms with E-state index in [-0.39, 0.29) is 11.9 Å². The molecule has 3 N–H and O–H groups in total. The van der Waals surface area contributed by atoms with Gasteiger partial charge in [0.15, 0.2) is 0 Å². The van der Waals surface area contributed by atoms with E-state index >= 15 is 0 Å². The summed E-state index contributed by atoms with van der Waals surface area (Å²) in [5, 5.41) is 9.66. The first kappa shape index (κ1) is 8.66. The Morgan fingerprint density at radius 3 is 3.00 bits per heavy atom. The molecular weight excluding hydrogens is 169 g/mol. The normalized spacial score (nSPS) is 27.0. The van der Waals surface area contributed by atoms with Crippen molar-refractivity contribution in [1.29, 1.82) is 0 Å². The predicted molar refractivity (Wildman–Crippen MR) is 47.7 cm³/mol. The van der Waals surface area contributed by atoms with Gasteiger partial charge in [0.1, 0.15) is 5.82 Å². The van der Waals surface area contributed by atoms with Crippen molar-refractivity contribution in [2.75, 3.05) is 0 Å². The molecule has 0 bridgehead atoms. The van der Waals surface area contributed by atoms with Gasteiger partial charge in [-0.2, -0.15) is 0 Å². The molecule has 0 amide bonds. The number of aliphatic hydroxyl groups excluding tert-OH is 1. The Kier molecular flexibility index (Phi) is 2.06. The highest BCUT2D eigenvalue weighted by Crippen LogP contribution is 2.30. The first-order chi connectivity index (χ1) is 6.20. The van der Waals surface area contributed by atoms with E-state index in [2.05, 4.69) is 0 Å². The third-order valence-corrected chi connectivity index (χ3v) is 2.61. The van der Waals surface area contributed by atoms with Crippen molar-refractivity contribution in [2.45, 2.75) is 25.0 Å². The molecule has 2 nitrogen and oxygen atoms in total. The Morgan fingerprint density at radius 1 is 1.46 bits per heavy atom. The van der Waals surface area contributed by atoms with Crippen LogP contribution in [0.1, 0.15) is 23.7 Å². The molecule has 0 fully saturated rings. The van der Waals surface area contributed by atoms with Crippen LogP contribution in [0.5, 0.6) is 0 Å². The van der Waals surface area contributed by atoms with Crippen LogP contribution in [0.15, 0.2) is 18.2 Å². The fourth-order valence-electron chi connectivity index (χ4n) is 1.82.